The monoisotopic (exact) mass is 581 g/mol. The molecule has 4 saturated carbocycles. The van der Waals surface area contributed by atoms with Crippen LogP contribution in [0.4, 0.5) is 8.78 Å². The van der Waals surface area contributed by atoms with Gasteiger partial charge in [0.25, 0.3) is 0 Å². The SMILES string of the molecule is CC[C@H]1[C@@H](O)[C@@H]2[C@H](CC[C@]3(C)[C@@H]([C@H](C)CCCNS(=O)(=O)c4cccc(F)c4)CC[C@@H]23)[C@@]2(C)CC[C@@H](O)[C@H](F)[C@@H]12. The normalized spacial score (nSPS) is 44.0. The van der Waals surface area contributed by atoms with Gasteiger partial charge in [0.2, 0.25) is 10.0 Å². The van der Waals surface area contributed by atoms with Crippen molar-refractivity contribution in [1.29, 1.82) is 0 Å². The lowest BCUT2D eigenvalue weighted by Gasteiger charge is -2.65. The van der Waals surface area contributed by atoms with Gasteiger partial charge in [-0.25, -0.2) is 21.9 Å². The number of sulfonamides is 1. The van der Waals surface area contributed by atoms with Gasteiger partial charge in [-0.2, -0.15) is 0 Å². The van der Waals surface area contributed by atoms with Gasteiger partial charge < -0.3 is 10.2 Å². The molecule has 3 N–H and O–H groups in total. The lowest BCUT2D eigenvalue weighted by atomic mass is 9.41. The van der Waals surface area contributed by atoms with Gasteiger partial charge in [-0.05, 0) is 116 Å². The Morgan fingerprint density at radius 1 is 1.07 bits per heavy atom. The lowest BCUT2D eigenvalue weighted by molar-refractivity contribution is -0.222. The van der Waals surface area contributed by atoms with E-state index in [2.05, 4.69) is 32.4 Å². The Labute approximate surface area is 239 Å². The second-order valence-electron chi connectivity index (χ2n) is 14.1. The van der Waals surface area contributed by atoms with Crippen LogP contribution in [0.25, 0.3) is 0 Å². The van der Waals surface area contributed by atoms with Crippen LogP contribution in [0.1, 0.15) is 85.5 Å². The van der Waals surface area contributed by atoms with Gasteiger partial charge in [0.05, 0.1) is 17.1 Å². The molecule has 0 radical (unpaired) electrons. The standard InChI is InChI=1S/C32H49F2NO4S/c1-5-22-28-29(34)26(36)14-16-32(28,4)25-13-15-31(3)23(11-12-24(31)27(25)30(22)37)19(2)8-7-17-35-40(38,39)21-10-6-9-20(33)18-21/h6,9-10,18-19,22-30,35-37H,5,7-8,11-17H2,1-4H3/t19-,22-,23-,24+,25+,26-,27+,28-,29+,30-,31-,32-/m1/s1. The molecule has 0 aliphatic heterocycles. The molecule has 1 aromatic carbocycles. The molecule has 0 saturated heterocycles. The summed E-state index contributed by atoms with van der Waals surface area (Å²) in [6.07, 6.45) is 5.22. The van der Waals surface area contributed by atoms with E-state index in [1.165, 1.54) is 18.2 Å². The highest BCUT2D eigenvalue weighted by Gasteiger charge is 2.66. The van der Waals surface area contributed by atoms with Crippen molar-refractivity contribution in [3.8, 4) is 0 Å². The average Bonchev–Trinajstić information content (AvgIpc) is 3.27. The zero-order chi connectivity index (χ0) is 29.0. The van der Waals surface area contributed by atoms with E-state index in [0.717, 1.165) is 51.0 Å². The van der Waals surface area contributed by atoms with Crippen molar-refractivity contribution < 1.29 is 27.4 Å². The van der Waals surface area contributed by atoms with E-state index in [1.807, 2.05) is 0 Å². The minimum atomic E-state index is -3.74. The number of benzene rings is 1. The Balaban J connectivity index is 1.26. The fourth-order valence-electron chi connectivity index (χ4n) is 10.5. The summed E-state index contributed by atoms with van der Waals surface area (Å²) in [5.74, 6) is 0.786. The van der Waals surface area contributed by atoms with Crippen molar-refractivity contribution in [1.82, 2.24) is 4.72 Å². The summed E-state index contributed by atoms with van der Waals surface area (Å²) < 4.78 is 56.8. The Morgan fingerprint density at radius 3 is 2.48 bits per heavy atom. The summed E-state index contributed by atoms with van der Waals surface area (Å²) in [7, 11) is -3.74. The largest absolute Gasteiger partial charge is 0.393 e. The molecule has 0 unspecified atom stereocenters. The number of alkyl halides is 1. The van der Waals surface area contributed by atoms with Crippen LogP contribution in [0.3, 0.4) is 0 Å². The number of aliphatic hydroxyl groups is 2. The summed E-state index contributed by atoms with van der Waals surface area (Å²) in [6.45, 7) is 9.33. The Hall–Kier alpha value is -1.09. The summed E-state index contributed by atoms with van der Waals surface area (Å²) in [5.41, 5.74) is -0.0828. The van der Waals surface area contributed by atoms with E-state index >= 15 is 4.39 Å². The molecule has 4 aliphatic rings. The van der Waals surface area contributed by atoms with E-state index in [1.54, 1.807) is 0 Å². The van der Waals surface area contributed by atoms with Crippen molar-refractivity contribution in [3.63, 3.8) is 0 Å². The number of aliphatic hydroxyl groups excluding tert-OH is 2. The van der Waals surface area contributed by atoms with Crippen LogP contribution in [0, 0.1) is 58.1 Å². The van der Waals surface area contributed by atoms with Gasteiger partial charge in [0.1, 0.15) is 12.0 Å². The number of nitrogens with one attached hydrogen (secondary N) is 1. The summed E-state index contributed by atoms with van der Waals surface area (Å²) in [6, 6.07) is 5.07. The average molecular weight is 582 g/mol. The molecule has 4 fully saturated rings. The molecule has 0 amide bonds. The second kappa shape index (κ2) is 11.2. The maximum absolute atomic E-state index is 15.6. The van der Waals surface area contributed by atoms with E-state index in [0.29, 0.717) is 37.1 Å². The molecule has 5 rings (SSSR count). The topological polar surface area (TPSA) is 86.6 Å². The first-order chi connectivity index (χ1) is 18.8. The Morgan fingerprint density at radius 2 is 1.77 bits per heavy atom. The minimum Gasteiger partial charge on any atom is -0.393 e. The molecule has 0 heterocycles. The first-order valence-corrected chi connectivity index (χ1v) is 17.1. The molecule has 0 bridgehead atoms. The maximum Gasteiger partial charge on any atom is 0.240 e. The molecular weight excluding hydrogens is 532 g/mol. The first-order valence-electron chi connectivity index (χ1n) is 15.6. The van der Waals surface area contributed by atoms with E-state index in [9.17, 15) is 23.0 Å². The van der Waals surface area contributed by atoms with Crippen molar-refractivity contribution >= 4 is 10.0 Å². The third-order valence-corrected chi connectivity index (χ3v) is 13.8. The molecule has 5 nitrogen and oxygen atoms in total. The van der Waals surface area contributed by atoms with Crippen LogP contribution in [-0.4, -0.2) is 43.6 Å². The highest BCUT2D eigenvalue weighted by molar-refractivity contribution is 7.89. The van der Waals surface area contributed by atoms with Gasteiger partial charge in [0.15, 0.2) is 0 Å². The van der Waals surface area contributed by atoms with Crippen molar-refractivity contribution in [3.05, 3.63) is 30.1 Å². The van der Waals surface area contributed by atoms with Gasteiger partial charge in [-0.15, -0.1) is 0 Å². The van der Waals surface area contributed by atoms with Crippen LogP contribution in [0.15, 0.2) is 29.2 Å². The molecule has 8 heteroatoms. The van der Waals surface area contributed by atoms with Crippen LogP contribution in [-0.2, 0) is 10.0 Å². The van der Waals surface area contributed by atoms with Crippen LogP contribution in [0.5, 0.6) is 0 Å². The molecule has 4 aliphatic carbocycles. The zero-order valence-corrected chi connectivity index (χ0v) is 25.3. The maximum atomic E-state index is 15.6. The van der Waals surface area contributed by atoms with Gasteiger partial charge in [-0.1, -0.05) is 40.2 Å². The highest BCUT2D eigenvalue weighted by Crippen LogP contribution is 2.69. The van der Waals surface area contributed by atoms with Gasteiger partial charge >= 0.3 is 0 Å². The molecule has 226 valence electrons. The fourth-order valence-corrected chi connectivity index (χ4v) is 11.6. The quantitative estimate of drug-likeness (QED) is 0.324. The smallest absolute Gasteiger partial charge is 0.240 e. The zero-order valence-electron chi connectivity index (χ0n) is 24.5. The predicted octanol–water partition coefficient (Wildman–Crippen LogP) is 6.10. The second-order valence-corrected chi connectivity index (χ2v) is 15.9. The van der Waals surface area contributed by atoms with E-state index in [4.69, 9.17) is 0 Å². The van der Waals surface area contributed by atoms with Crippen molar-refractivity contribution in [2.45, 2.75) is 109 Å². The lowest BCUT2D eigenvalue weighted by Crippen LogP contribution is -2.65. The molecule has 1 aromatic rings. The highest BCUT2D eigenvalue weighted by atomic mass is 32.2. The first kappa shape index (κ1) is 30.4. The molecule has 12 atom stereocenters. The number of rotatable bonds is 8. The summed E-state index contributed by atoms with van der Waals surface area (Å²) in [5, 5.41) is 22.2. The van der Waals surface area contributed by atoms with E-state index < -0.39 is 34.2 Å². The van der Waals surface area contributed by atoms with Crippen molar-refractivity contribution in [2.24, 2.45) is 52.3 Å². The number of halogens is 2. The molecule has 0 aromatic heterocycles. The fraction of sp³-hybridized carbons (Fsp3) is 0.812. The van der Waals surface area contributed by atoms with Gasteiger partial charge in [0, 0.05) is 12.5 Å². The molecule has 40 heavy (non-hydrogen) atoms. The van der Waals surface area contributed by atoms with Gasteiger partial charge in [-0.3, -0.25) is 0 Å². The summed E-state index contributed by atoms with van der Waals surface area (Å²) >= 11 is 0. The number of hydrogen-bond acceptors (Lipinski definition) is 4. The predicted molar refractivity (Wildman–Crippen MR) is 152 cm³/mol. The van der Waals surface area contributed by atoms with Crippen LogP contribution in [0.2, 0.25) is 0 Å². The summed E-state index contributed by atoms with van der Waals surface area (Å²) in [4.78, 5) is -0.0534. The van der Waals surface area contributed by atoms with Crippen LogP contribution < -0.4 is 4.72 Å². The number of fused-ring (bicyclic) bond motifs is 5. The molecule has 0 spiro atoms. The third-order valence-electron chi connectivity index (χ3n) is 12.4. The van der Waals surface area contributed by atoms with Crippen molar-refractivity contribution in [2.75, 3.05) is 6.54 Å². The Kier molecular flexibility index (Phi) is 8.50. The Bertz CT molecular complexity index is 1170. The minimum absolute atomic E-state index is 0.0534. The van der Waals surface area contributed by atoms with Crippen LogP contribution >= 0.6 is 0 Å². The third kappa shape index (κ3) is 4.97. The number of hydrogen-bond donors (Lipinski definition) is 3. The van der Waals surface area contributed by atoms with E-state index in [-0.39, 0.29) is 39.4 Å². The molecular formula is C32H49F2NO4S.